The molecule has 7 nitrogen and oxygen atoms in total. The van der Waals surface area contributed by atoms with Gasteiger partial charge in [-0.05, 0) is 12.5 Å². The summed E-state index contributed by atoms with van der Waals surface area (Å²) in [6, 6.07) is 3.86. The van der Waals surface area contributed by atoms with Crippen LogP contribution in [0.3, 0.4) is 0 Å². The number of nitro groups is 1. The number of rotatable bonds is 3. The van der Waals surface area contributed by atoms with Crippen molar-refractivity contribution in [3.05, 3.63) is 49.2 Å². The number of H-pyrrole nitrogens is 1. The first-order valence-electron chi connectivity index (χ1n) is 5.46. The molecule has 0 aliphatic rings. The largest absolute Gasteiger partial charge is 0.328 e. The molecule has 1 heterocycles. The Hall–Kier alpha value is -2.44. The molecule has 18 heavy (non-hydrogen) atoms. The summed E-state index contributed by atoms with van der Waals surface area (Å²) < 4.78 is 1.34. The van der Waals surface area contributed by atoms with E-state index in [4.69, 9.17) is 0 Å². The van der Waals surface area contributed by atoms with Gasteiger partial charge in [0.2, 0.25) is 0 Å². The molecule has 1 aromatic carbocycles. The third-order valence-corrected chi connectivity index (χ3v) is 2.64. The summed E-state index contributed by atoms with van der Waals surface area (Å²) in [7, 11) is 0. The van der Waals surface area contributed by atoms with Crippen molar-refractivity contribution in [3.8, 4) is 0 Å². The molecule has 2 rings (SSSR count). The van der Waals surface area contributed by atoms with Crippen LogP contribution in [0.1, 0.15) is 13.3 Å². The van der Waals surface area contributed by atoms with Gasteiger partial charge < -0.3 is 0 Å². The molecular weight excluding hydrogens is 238 g/mol. The number of benzene rings is 1. The first kappa shape index (κ1) is 12.0. The standard InChI is InChI=1S/C11H11N3O4/c1-2-5-13-9-6-7(14(17)18)3-4-8(9)10(15)12-11(13)16/h3-4,6H,2,5H2,1H3,(H,12,15,16). The van der Waals surface area contributed by atoms with Gasteiger partial charge in [-0.2, -0.15) is 0 Å². The number of aromatic nitrogens is 2. The number of non-ortho nitro benzene ring substituents is 1. The van der Waals surface area contributed by atoms with E-state index in [1.165, 1.54) is 22.8 Å². The molecule has 0 bridgehead atoms. The lowest BCUT2D eigenvalue weighted by Crippen LogP contribution is -2.30. The molecule has 1 aromatic heterocycles. The molecule has 94 valence electrons. The van der Waals surface area contributed by atoms with Crippen LogP contribution in [0, 0.1) is 10.1 Å². The van der Waals surface area contributed by atoms with Gasteiger partial charge in [-0.25, -0.2) is 4.79 Å². The van der Waals surface area contributed by atoms with Crippen LogP contribution in [0.25, 0.3) is 10.9 Å². The van der Waals surface area contributed by atoms with Gasteiger partial charge in [0, 0.05) is 18.7 Å². The van der Waals surface area contributed by atoms with Crippen molar-refractivity contribution in [2.45, 2.75) is 19.9 Å². The monoisotopic (exact) mass is 249 g/mol. The van der Waals surface area contributed by atoms with E-state index in [0.717, 1.165) is 0 Å². The summed E-state index contributed by atoms with van der Waals surface area (Å²) in [6.45, 7) is 2.27. The second-order valence-electron chi connectivity index (χ2n) is 3.87. The molecule has 0 aliphatic carbocycles. The lowest BCUT2D eigenvalue weighted by atomic mass is 10.2. The van der Waals surface area contributed by atoms with Gasteiger partial charge in [-0.3, -0.25) is 24.5 Å². The van der Waals surface area contributed by atoms with Gasteiger partial charge >= 0.3 is 5.69 Å². The van der Waals surface area contributed by atoms with Crippen LogP contribution in [0.15, 0.2) is 27.8 Å². The van der Waals surface area contributed by atoms with E-state index in [1.807, 2.05) is 6.92 Å². The minimum absolute atomic E-state index is 0.141. The van der Waals surface area contributed by atoms with Crippen LogP contribution >= 0.6 is 0 Å². The molecule has 0 atom stereocenters. The third kappa shape index (κ3) is 1.90. The molecule has 0 unspecified atom stereocenters. The van der Waals surface area contributed by atoms with E-state index >= 15 is 0 Å². The van der Waals surface area contributed by atoms with E-state index in [-0.39, 0.29) is 11.1 Å². The fraction of sp³-hybridized carbons (Fsp3) is 0.273. The van der Waals surface area contributed by atoms with E-state index in [1.54, 1.807) is 0 Å². The Labute approximate surface area is 101 Å². The van der Waals surface area contributed by atoms with E-state index in [0.29, 0.717) is 18.5 Å². The number of nitro benzene ring substituents is 1. The molecule has 0 saturated heterocycles. The predicted octanol–water partition coefficient (Wildman–Crippen LogP) is 1.01. The SMILES string of the molecule is CCCn1c(=O)[nH]c(=O)c2ccc([N+](=O)[O-])cc21. The van der Waals surface area contributed by atoms with Gasteiger partial charge in [0.25, 0.3) is 11.2 Å². The smallest absolute Gasteiger partial charge is 0.293 e. The Morgan fingerprint density at radius 1 is 1.39 bits per heavy atom. The van der Waals surface area contributed by atoms with E-state index in [9.17, 15) is 19.7 Å². The predicted molar refractivity (Wildman–Crippen MR) is 65.8 cm³/mol. The average molecular weight is 249 g/mol. The molecular formula is C11H11N3O4. The Morgan fingerprint density at radius 3 is 2.72 bits per heavy atom. The van der Waals surface area contributed by atoms with Crippen LogP contribution in [0.2, 0.25) is 0 Å². The average Bonchev–Trinajstić information content (AvgIpc) is 2.33. The molecule has 0 radical (unpaired) electrons. The highest BCUT2D eigenvalue weighted by Crippen LogP contribution is 2.17. The number of fused-ring (bicyclic) bond motifs is 1. The molecule has 1 N–H and O–H groups in total. The highest BCUT2D eigenvalue weighted by atomic mass is 16.6. The van der Waals surface area contributed by atoms with Crippen LogP contribution in [0.4, 0.5) is 5.69 Å². The Balaban J connectivity index is 2.88. The first-order chi connectivity index (χ1) is 8.54. The highest BCUT2D eigenvalue weighted by Gasteiger charge is 2.12. The molecule has 0 aliphatic heterocycles. The van der Waals surface area contributed by atoms with Crippen LogP contribution < -0.4 is 11.2 Å². The number of aromatic amines is 1. The maximum atomic E-state index is 11.7. The van der Waals surface area contributed by atoms with E-state index in [2.05, 4.69) is 4.98 Å². The normalized spacial score (nSPS) is 10.7. The number of nitrogens with zero attached hydrogens (tertiary/aromatic N) is 2. The highest BCUT2D eigenvalue weighted by molar-refractivity contribution is 5.80. The second kappa shape index (κ2) is 4.44. The summed E-state index contributed by atoms with van der Waals surface area (Å²) in [5, 5.41) is 11.0. The zero-order valence-electron chi connectivity index (χ0n) is 9.67. The Bertz CT molecular complexity index is 729. The van der Waals surface area contributed by atoms with Gasteiger partial charge in [0.15, 0.2) is 0 Å². The van der Waals surface area contributed by atoms with Crippen LogP contribution in [-0.2, 0) is 6.54 Å². The topological polar surface area (TPSA) is 98.0 Å². The number of hydrogen-bond acceptors (Lipinski definition) is 4. The van der Waals surface area contributed by atoms with Crippen molar-refractivity contribution >= 4 is 16.6 Å². The van der Waals surface area contributed by atoms with Gasteiger partial charge in [0.05, 0.1) is 15.8 Å². The summed E-state index contributed by atoms with van der Waals surface area (Å²) in [5.41, 5.74) is -0.927. The molecule has 0 amide bonds. The lowest BCUT2D eigenvalue weighted by Gasteiger charge is -2.07. The maximum Gasteiger partial charge on any atom is 0.328 e. The molecule has 0 fully saturated rings. The minimum atomic E-state index is -0.554. The third-order valence-electron chi connectivity index (χ3n) is 2.64. The van der Waals surface area contributed by atoms with Crippen molar-refractivity contribution < 1.29 is 4.92 Å². The summed E-state index contributed by atoms with van der Waals surface area (Å²) in [5.74, 6) is 0. The Morgan fingerprint density at radius 2 is 2.11 bits per heavy atom. The molecule has 0 saturated carbocycles. The molecule has 2 aromatic rings. The summed E-state index contributed by atoms with van der Waals surface area (Å²) in [6.07, 6.45) is 0.684. The minimum Gasteiger partial charge on any atom is -0.293 e. The van der Waals surface area contributed by atoms with Crippen LogP contribution in [0.5, 0.6) is 0 Å². The molecule has 7 heteroatoms. The van der Waals surface area contributed by atoms with Crippen molar-refractivity contribution in [3.63, 3.8) is 0 Å². The van der Waals surface area contributed by atoms with Crippen LogP contribution in [-0.4, -0.2) is 14.5 Å². The van der Waals surface area contributed by atoms with Gasteiger partial charge in [-0.15, -0.1) is 0 Å². The number of aryl methyl sites for hydroxylation is 1. The Kier molecular flexibility index (Phi) is 2.97. The van der Waals surface area contributed by atoms with Crippen molar-refractivity contribution in [2.24, 2.45) is 0 Å². The summed E-state index contributed by atoms with van der Waals surface area (Å²) >= 11 is 0. The zero-order chi connectivity index (χ0) is 13.3. The fourth-order valence-electron chi connectivity index (χ4n) is 1.84. The lowest BCUT2D eigenvalue weighted by molar-refractivity contribution is -0.384. The van der Waals surface area contributed by atoms with Gasteiger partial charge in [0.1, 0.15) is 0 Å². The van der Waals surface area contributed by atoms with Crippen molar-refractivity contribution in [2.75, 3.05) is 0 Å². The van der Waals surface area contributed by atoms with E-state index < -0.39 is 16.2 Å². The van der Waals surface area contributed by atoms with Crippen molar-refractivity contribution in [1.82, 2.24) is 9.55 Å². The number of nitrogens with one attached hydrogen (secondary N) is 1. The quantitative estimate of drug-likeness (QED) is 0.648. The number of hydrogen-bond donors (Lipinski definition) is 1. The maximum absolute atomic E-state index is 11.7. The van der Waals surface area contributed by atoms with Crippen molar-refractivity contribution in [1.29, 1.82) is 0 Å². The van der Waals surface area contributed by atoms with Gasteiger partial charge in [-0.1, -0.05) is 6.92 Å². The second-order valence-corrected chi connectivity index (χ2v) is 3.87. The zero-order valence-corrected chi connectivity index (χ0v) is 9.67. The fourth-order valence-corrected chi connectivity index (χ4v) is 1.84. The first-order valence-corrected chi connectivity index (χ1v) is 5.46. The molecule has 0 spiro atoms. The summed E-state index contributed by atoms with van der Waals surface area (Å²) in [4.78, 5) is 35.6.